The first kappa shape index (κ1) is 15.9. The highest BCUT2D eigenvalue weighted by atomic mass is 16.6. The van der Waals surface area contributed by atoms with Crippen molar-refractivity contribution in [3.63, 3.8) is 0 Å². The molecule has 4 nitrogen and oxygen atoms in total. The summed E-state index contributed by atoms with van der Waals surface area (Å²) in [4.78, 5) is 0. The quantitative estimate of drug-likeness (QED) is 0.681. The van der Waals surface area contributed by atoms with Crippen LogP contribution in [-0.4, -0.2) is 42.9 Å². The van der Waals surface area contributed by atoms with Crippen LogP contribution in [0.15, 0.2) is 0 Å². The minimum Gasteiger partial charge on any atom is -0.375 e. The molecule has 1 aliphatic rings. The van der Waals surface area contributed by atoms with Crippen molar-refractivity contribution in [3.8, 4) is 0 Å². The maximum Gasteiger partial charge on any atom is 0.157 e. The lowest BCUT2D eigenvalue weighted by Crippen LogP contribution is -2.49. The molecule has 0 aliphatic carbocycles. The number of aliphatic hydroxyl groups is 1. The SMILES string of the molecule is CCCCOC1CC(O)OC(C)[C@@H]1OCCCC. The summed E-state index contributed by atoms with van der Waals surface area (Å²) in [5.74, 6) is 0. The molecule has 4 heteroatoms. The van der Waals surface area contributed by atoms with Gasteiger partial charge in [-0.3, -0.25) is 0 Å². The lowest BCUT2D eigenvalue weighted by atomic mass is 10.0. The Morgan fingerprint density at radius 3 is 2.33 bits per heavy atom. The van der Waals surface area contributed by atoms with E-state index in [1.165, 1.54) is 0 Å². The van der Waals surface area contributed by atoms with E-state index in [1.54, 1.807) is 0 Å². The molecule has 1 saturated heterocycles. The summed E-state index contributed by atoms with van der Waals surface area (Å²) in [6.45, 7) is 7.69. The van der Waals surface area contributed by atoms with Crippen LogP contribution in [-0.2, 0) is 14.2 Å². The predicted octanol–water partition coefficient (Wildman–Crippen LogP) is 2.48. The molecule has 0 aromatic rings. The largest absolute Gasteiger partial charge is 0.375 e. The molecule has 1 heterocycles. The van der Waals surface area contributed by atoms with E-state index in [-0.39, 0.29) is 18.3 Å². The van der Waals surface area contributed by atoms with Crippen molar-refractivity contribution in [3.05, 3.63) is 0 Å². The maximum atomic E-state index is 9.64. The van der Waals surface area contributed by atoms with E-state index in [0.29, 0.717) is 6.42 Å². The number of rotatable bonds is 8. The highest BCUT2D eigenvalue weighted by molar-refractivity contribution is 4.82. The molecule has 0 aromatic carbocycles. The minimum atomic E-state index is -0.724. The number of aliphatic hydroxyl groups excluding tert-OH is 1. The Hall–Kier alpha value is -0.160. The highest BCUT2D eigenvalue weighted by Gasteiger charge is 2.37. The van der Waals surface area contributed by atoms with Crippen LogP contribution >= 0.6 is 0 Å². The Kier molecular flexibility index (Phi) is 7.82. The first-order chi connectivity index (χ1) is 8.69. The minimum absolute atomic E-state index is 0.0489. The van der Waals surface area contributed by atoms with E-state index in [2.05, 4.69) is 13.8 Å². The Morgan fingerprint density at radius 1 is 1.11 bits per heavy atom. The van der Waals surface area contributed by atoms with Crippen molar-refractivity contribution in [2.24, 2.45) is 0 Å². The molecule has 1 rings (SSSR count). The van der Waals surface area contributed by atoms with Gasteiger partial charge in [0.1, 0.15) is 6.10 Å². The predicted molar refractivity (Wildman–Crippen MR) is 70.5 cm³/mol. The fourth-order valence-corrected chi connectivity index (χ4v) is 2.16. The standard InChI is InChI=1S/C14H28O4/c1-4-6-8-16-12-10-13(15)18-11(3)14(12)17-9-7-5-2/h11-15H,4-10H2,1-3H3/t11?,12?,13?,14-/m0/s1. The van der Waals surface area contributed by atoms with Gasteiger partial charge in [0.2, 0.25) is 0 Å². The summed E-state index contributed by atoms with van der Waals surface area (Å²) in [7, 11) is 0. The number of hydrogen-bond donors (Lipinski definition) is 1. The number of ether oxygens (including phenoxy) is 3. The summed E-state index contributed by atoms with van der Waals surface area (Å²) in [5, 5.41) is 9.64. The van der Waals surface area contributed by atoms with Crippen LogP contribution < -0.4 is 0 Å². The van der Waals surface area contributed by atoms with Gasteiger partial charge in [-0.15, -0.1) is 0 Å². The Labute approximate surface area is 111 Å². The second kappa shape index (κ2) is 8.86. The van der Waals surface area contributed by atoms with Gasteiger partial charge in [0, 0.05) is 19.6 Å². The second-order valence-electron chi connectivity index (χ2n) is 4.98. The summed E-state index contributed by atoms with van der Waals surface area (Å²) >= 11 is 0. The van der Waals surface area contributed by atoms with Gasteiger partial charge in [0.15, 0.2) is 6.29 Å². The molecule has 0 saturated carbocycles. The van der Waals surface area contributed by atoms with Gasteiger partial charge in [-0.1, -0.05) is 26.7 Å². The average molecular weight is 260 g/mol. The van der Waals surface area contributed by atoms with Crippen LogP contribution in [0.2, 0.25) is 0 Å². The topological polar surface area (TPSA) is 47.9 Å². The van der Waals surface area contributed by atoms with Crippen LogP contribution in [0.3, 0.4) is 0 Å². The monoisotopic (exact) mass is 260 g/mol. The number of hydrogen-bond acceptors (Lipinski definition) is 4. The molecule has 0 radical (unpaired) electrons. The third-order valence-corrected chi connectivity index (χ3v) is 3.27. The highest BCUT2D eigenvalue weighted by Crippen LogP contribution is 2.24. The van der Waals surface area contributed by atoms with Crippen molar-refractivity contribution >= 4 is 0 Å². The Morgan fingerprint density at radius 2 is 1.72 bits per heavy atom. The van der Waals surface area contributed by atoms with E-state index in [0.717, 1.165) is 38.9 Å². The summed E-state index contributed by atoms with van der Waals surface area (Å²) in [6.07, 6.45) is 3.88. The van der Waals surface area contributed by atoms with Crippen molar-refractivity contribution in [1.29, 1.82) is 0 Å². The summed E-state index contributed by atoms with van der Waals surface area (Å²) in [6, 6.07) is 0. The molecule has 1 N–H and O–H groups in total. The van der Waals surface area contributed by atoms with E-state index in [1.807, 2.05) is 6.92 Å². The Balaban J connectivity index is 2.43. The molecular formula is C14H28O4. The van der Waals surface area contributed by atoms with Crippen LogP contribution in [0, 0.1) is 0 Å². The van der Waals surface area contributed by atoms with Crippen molar-refractivity contribution < 1.29 is 19.3 Å². The third kappa shape index (κ3) is 5.22. The fraction of sp³-hybridized carbons (Fsp3) is 1.00. The molecule has 3 unspecified atom stereocenters. The van der Waals surface area contributed by atoms with Gasteiger partial charge >= 0.3 is 0 Å². The van der Waals surface area contributed by atoms with Gasteiger partial charge < -0.3 is 19.3 Å². The molecular weight excluding hydrogens is 232 g/mol. The smallest absolute Gasteiger partial charge is 0.157 e. The molecule has 0 spiro atoms. The van der Waals surface area contributed by atoms with E-state index < -0.39 is 6.29 Å². The van der Waals surface area contributed by atoms with Crippen molar-refractivity contribution in [2.75, 3.05) is 13.2 Å². The first-order valence-electron chi connectivity index (χ1n) is 7.25. The fourth-order valence-electron chi connectivity index (χ4n) is 2.16. The van der Waals surface area contributed by atoms with Crippen LogP contribution in [0.4, 0.5) is 0 Å². The van der Waals surface area contributed by atoms with Gasteiger partial charge in [0.05, 0.1) is 12.2 Å². The van der Waals surface area contributed by atoms with E-state index >= 15 is 0 Å². The average Bonchev–Trinajstić information content (AvgIpc) is 2.32. The van der Waals surface area contributed by atoms with Crippen LogP contribution in [0.25, 0.3) is 0 Å². The van der Waals surface area contributed by atoms with Crippen LogP contribution in [0.1, 0.15) is 52.9 Å². The molecule has 0 aromatic heterocycles. The molecule has 1 aliphatic heterocycles. The van der Waals surface area contributed by atoms with Gasteiger partial charge in [-0.2, -0.15) is 0 Å². The summed E-state index contributed by atoms with van der Waals surface area (Å²) < 4.78 is 17.1. The van der Waals surface area contributed by atoms with E-state index in [9.17, 15) is 5.11 Å². The maximum absolute atomic E-state index is 9.64. The Bertz CT molecular complexity index is 210. The van der Waals surface area contributed by atoms with Crippen LogP contribution in [0.5, 0.6) is 0 Å². The van der Waals surface area contributed by atoms with Gasteiger partial charge in [-0.05, 0) is 19.8 Å². The zero-order valence-electron chi connectivity index (χ0n) is 11.9. The second-order valence-corrected chi connectivity index (χ2v) is 4.98. The lowest BCUT2D eigenvalue weighted by molar-refractivity contribution is -0.247. The number of unbranched alkanes of at least 4 members (excludes halogenated alkanes) is 2. The normalized spacial score (nSPS) is 32.7. The molecule has 0 bridgehead atoms. The molecule has 18 heavy (non-hydrogen) atoms. The zero-order valence-corrected chi connectivity index (χ0v) is 11.9. The molecule has 4 atom stereocenters. The lowest BCUT2D eigenvalue weighted by Gasteiger charge is -2.38. The third-order valence-electron chi connectivity index (χ3n) is 3.27. The molecule has 108 valence electrons. The first-order valence-corrected chi connectivity index (χ1v) is 7.25. The zero-order chi connectivity index (χ0) is 13.4. The van der Waals surface area contributed by atoms with Crippen molar-refractivity contribution in [2.45, 2.75) is 77.5 Å². The summed E-state index contributed by atoms with van der Waals surface area (Å²) in [5.41, 5.74) is 0. The van der Waals surface area contributed by atoms with Crippen molar-refractivity contribution in [1.82, 2.24) is 0 Å². The van der Waals surface area contributed by atoms with Gasteiger partial charge in [0.25, 0.3) is 0 Å². The van der Waals surface area contributed by atoms with Gasteiger partial charge in [-0.25, -0.2) is 0 Å². The molecule has 1 fully saturated rings. The van der Waals surface area contributed by atoms with E-state index in [4.69, 9.17) is 14.2 Å². The molecule has 0 amide bonds.